The molecular formula is C14H22ClN3S. The molecule has 5 heteroatoms. The molecule has 3 nitrogen and oxygen atoms in total. The van der Waals surface area contributed by atoms with Gasteiger partial charge >= 0.3 is 0 Å². The molecule has 0 saturated heterocycles. The third-order valence-corrected chi connectivity index (χ3v) is 4.82. The summed E-state index contributed by atoms with van der Waals surface area (Å²) in [7, 11) is 0. The quantitative estimate of drug-likeness (QED) is 0.852. The van der Waals surface area contributed by atoms with Gasteiger partial charge in [0.15, 0.2) is 0 Å². The van der Waals surface area contributed by atoms with Crippen molar-refractivity contribution >= 4 is 29.2 Å². The van der Waals surface area contributed by atoms with E-state index in [0.29, 0.717) is 16.4 Å². The Bertz CT molecular complexity index is 445. The van der Waals surface area contributed by atoms with Gasteiger partial charge in [-0.25, -0.2) is 9.97 Å². The van der Waals surface area contributed by atoms with Gasteiger partial charge in [0.05, 0.1) is 0 Å². The zero-order valence-electron chi connectivity index (χ0n) is 12.0. The lowest BCUT2D eigenvalue weighted by molar-refractivity contribution is 0.545. The van der Waals surface area contributed by atoms with E-state index in [-0.39, 0.29) is 5.41 Å². The smallest absolute Gasteiger partial charge is 0.137 e. The Hall–Kier alpha value is -0.480. The van der Waals surface area contributed by atoms with Gasteiger partial charge in [-0.05, 0) is 19.1 Å². The van der Waals surface area contributed by atoms with Crippen molar-refractivity contribution in [3.8, 4) is 0 Å². The lowest BCUT2D eigenvalue weighted by Gasteiger charge is -2.22. The van der Waals surface area contributed by atoms with Crippen molar-refractivity contribution in [2.75, 3.05) is 11.6 Å². The summed E-state index contributed by atoms with van der Waals surface area (Å²) in [6.45, 7) is 6.30. The van der Waals surface area contributed by atoms with Crippen LogP contribution in [0.25, 0.3) is 0 Å². The van der Waals surface area contributed by atoms with Gasteiger partial charge in [0, 0.05) is 22.8 Å². The average molecular weight is 300 g/mol. The molecule has 0 amide bonds. The van der Waals surface area contributed by atoms with Crippen LogP contribution in [0.3, 0.4) is 0 Å². The molecule has 1 N–H and O–H groups in total. The number of anilines is 1. The van der Waals surface area contributed by atoms with E-state index in [2.05, 4.69) is 42.3 Å². The van der Waals surface area contributed by atoms with Crippen LogP contribution >= 0.6 is 23.4 Å². The largest absolute Gasteiger partial charge is 0.366 e. The summed E-state index contributed by atoms with van der Waals surface area (Å²) >= 11 is 8.05. The van der Waals surface area contributed by atoms with Crippen LogP contribution in [0.4, 0.5) is 5.82 Å². The van der Waals surface area contributed by atoms with Gasteiger partial charge in [0.2, 0.25) is 0 Å². The van der Waals surface area contributed by atoms with Gasteiger partial charge in [0.1, 0.15) is 16.8 Å². The van der Waals surface area contributed by atoms with E-state index < -0.39 is 0 Å². The number of aromatic nitrogens is 2. The maximum absolute atomic E-state index is 6.12. The van der Waals surface area contributed by atoms with Gasteiger partial charge < -0.3 is 5.32 Å². The molecule has 1 saturated carbocycles. The highest BCUT2D eigenvalue weighted by atomic mass is 35.5. The molecule has 1 aliphatic carbocycles. The molecule has 2 unspecified atom stereocenters. The summed E-state index contributed by atoms with van der Waals surface area (Å²) in [5.41, 5.74) is -0.0874. The van der Waals surface area contributed by atoms with Crippen molar-refractivity contribution in [3.63, 3.8) is 0 Å². The first-order valence-corrected chi connectivity index (χ1v) is 8.41. The van der Waals surface area contributed by atoms with Gasteiger partial charge in [-0.15, -0.1) is 0 Å². The molecule has 0 bridgehead atoms. The predicted octanol–water partition coefficient (Wildman–Crippen LogP) is 4.12. The SMILES string of the molecule is CSC1CCCC1Nc1cc(Cl)nc(C(C)(C)C)n1. The van der Waals surface area contributed by atoms with Crippen molar-refractivity contribution < 1.29 is 0 Å². The lowest BCUT2D eigenvalue weighted by atomic mass is 9.96. The highest BCUT2D eigenvalue weighted by molar-refractivity contribution is 7.99. The second-order valence-corrected chi connectivity index (χ2v) is 7.57. The summed E-state index contributed by atoms with van der Waals surface area (Å²) < 4.78 is 0. The summed E-state index contributed by atoms with van der Waals surface area (Å²) in [5.74, 6) is 1.65. The van der Waals surface area contributed by atoms with E-state index in [9.17, 15) is 0 Å². The number of hydrogen-bond acceptors (Lipinski definition) is 4. The third kappa shape index (κ3) is 3.76. The topological polar surface area (TPSA) is 37.8 Å². The van der Waals surface area contributed by atoms with Crippen molar-refractivity contribution in [1.82, 2.24) is 9.97 Å². The van der Waals surface area contributed by atoms with Crippen LogP contribution in [-0.4, -0.2) is 27.5 Å². The number of thioether (sulfide) groups is 1. The number of nitrogens with zero attached hydrogens (tertiary/aromatic N) is 2. The van der Waals surface area contributed by atoms with Gasteiger partial charge in [0.25, 0.3) is 0 Å². The van der Waals surface area contributed by atoms with Crippen LogP contribution in [0.15, 0.2) is 6.07 Å². The molecule has 19 heavy (non-hydrogen) atoms. The summed E-state index contributed by atoms with van der Waals surface area (Å²) in [6.07, 6.45) is 5.95. The first kappa shape index (κ1) is 14.9. The van der Waals surface area contributed by atoms with Crippen molar-refractivity contribution in [3.05, 3.63) is 17.0 Å². The first-order chi connectivity index (χ1) is 8.90. The van der Waals surface area contributed by atoms with Crippen molar-refractivity contribution in [1.29, 1.82) is 0 Å². The summed E-state index contributed by atoms with van der Waals surface area (Å²) in [4.78, 5) is 8.95. The van der Waals surface area contributed by atoms with E-state index in [1.807, 2.05) is 17.8 Å². The van der Waals surface area contributed by atoms with Crippen LogP contribution in [-0.2, 0) is 5.41 Å². The first-order valence-electron chi connectivity index (χ1n) is 6.74. The monoisotopic (exact) mass is 299 g/mol. The molecule has 1 aromatic rings. The Kier molecular flexibility index (Phi) is 4.62. The minimum atomic E-state index is -0.0874. The number of rotatable bonds is 3. The zero-order chi connectivity index (χ0) is 14.0. The standard InChI is InChI=1S/C14H22ClN3S/c1-14(2,3)13-17-11(15)8-12(18-13)16-9-6-5-7-10(9)19-4/h8-10H,5-7H2,1-4H3,(H,16,17,18). The normalized spacial score (nSPS) is 23.6. The maximum atomic E-state index is 6.12. The molecule has 2 atom stereocenters. The van der Waals surface area contributed by atoms with Crippen molar-refractivity contribution in [2.24, 2.45) is 0 Å². The maximum Gasteiger partial charge on any atom is 0.137 e. The zero-order valence-corrected chi connectivity index (χ0v) is 13.6. The summed E-state index contributed by atoms with van der Waals surface area (Å²) in [5, 5.41) is 4.73. The molecule has 0 radical (unpaired) electrons. The van der Waals surface area contributed by atoms with Gasteiger partial charge in [-0.3, -0.25) is 0 Å². The van der Waals surface area contributed by atoms with Crippen molar-refractivity contribution in [2.45, 2.75) is 56.7 Å². The van der Waals surface area contributed by atoms with E-state index in [0.717, 1.165) is 11.6 Å². The minimum absolute atomic E-state index is 0.0874. The number of nitrogens with one attached hydrogen (secondary N) is 1. The third-order valence-electron chi connectivity index (χ3n) is 3.45. The predicted molar refractivity (Wildman–Crippen MR) is 84.3 cm³/mol. The molecule has 1 heterocycles. The van der Waals surface area contributed by atoms with Gasteiger partial charge in [-0.1, -0.05) is 38.8 Å². The second kappa shape index (κ2) is 5.88. The Labute approximate surface area is 124 Å². The number of hydrogen-bond donors (Lipinski definition) is 1. The molecule has 1 fully saturated rings. The molecule has 106 valence electrons. The Morgan fingerprint density at radius 3 is 2.68 bits per heavy atom. The summed E-state index contributed by atoms with van der Waals surface area (Å²) in [6, 6.07) is 2.32. The fourth-order valence-electron chi connectivity index (χ4n) is 2.39. The molecular weight excluding hydrogens is 278 g/mol. The fourth-order valence-corrected chi connectivity index (χ4v) is 3.51. The molecule has 0 aliphatic heterocycles. The van der Waals surface area contributed by atoms with Crippen LogP contribution in [0.5, 0.6) is 0 Å². The molecule has 0 aromatic carbocycles. The van der Waals surface area contributed by atoms with Crippen LogP contribution in [0, 0.1) is 0 Å². The van der Waals surface area contributed by atoms with E-state index in [1.54, 1.807) is 0 Å². The van der Waals surface area contributed by atoms with Crippen LogP contribution in [0.1, 0.15) is 45.9 Å². The van der Waals surface area contributed by atoms with E-state index in [4.69, 9.17) is 11.6 Å². The molecule has 1 aliphatic rings. The lowest BCUT2D eigenvalue weighted by Crippen LogP contribution is -2.27. The Morgan fingerprint density at radius 2 is 2.05 bits per heavy atom. The van der Waals surface area contributed by atoms with E-state index in [1.165, 1.54) is 19.3 Å². The van der Waals surface area contributed by atoms with Gasteiger partial charge in [-0.2, -0.15) is 11.8 Å². The Balaban J connectivity index is 2.18. The van der Waals surface area contributed by atoms with Crippen LogP contribution < -0.4 is 5.32 Å². The highest BCUT2D eigenvalue weighted by Gasteiger charge is 2.27. The minimum Gasteiger partial charge on any atom is -0.366 e. The number of halogens is 1. The fraction of sp³-hybridized carbons (Fsp3) is 0.714. The van der Waals surface area contributed by atoms with E-state index >= 15 is 0 Å². The van der Waals surface area contributed by atoms with Crippen LogP contribution in [0.2, 0.25) is 5.15 Å². The molecule has 1 aromatic heterocycles. The average Bonchev–Trinajstić information content (AvgIpc) is 2.74. The Morgan fingerprint density at radius 1 is 1.32 bits per heavy atom. The molecule has 0 spiro atoms. The highest BCUT2D eigenvalue weighted by Crippen LogP contribution is 2.31. The second-order valence-electron chi connectivity index (χ2n) is 6.11. The molecule has 2 rings (SSSR count).